The van der Waals surface area contributed by atoms with E-state index in [0.717, 1.165) is 18.5 Å². The van der Waals surface area contributed by atoms with Gasteiger partial charge in [0.25, 0.3) is 0 Å². The van der Waals surface area contributed by atoms with Gasteiger partial charge in [-0.15, -0.1) is 0 Å². The molecule has 3 heterocycles. The van der Waals surface area contributed by atoms with Gasteiger partial charge in [-0.25, -0.2) is 4.39 Å². The number of amides is 1. The van der Waals surface area contributed by atoms with Crippen LogP contribution in [0.4, 0.5) is 21.5 Å². The first-order valence-corrected chi connectivity index (χ1v) is 10.7. The fourth-order valence-electron chi connectivity index (χ4n) is 4.88. The average molecular weight is 428 g/mol. The van der Waals surface area contributed by atoms with Gasteiger partial charge in [0.2, 0.25) is 5.91 Å². The highest BCUT2D eigenvalue weighted by molar-refractivity contribution is 6.14. The van der Waals surface area contributed by atoms with E-state index in [2.05, 4.69) is 31.1 Å². The number of likely N-dealkylation sites (tertiary alicyclic amines) is 1. The number of anilines is 3. The lowest BCUT2D eigenvalue weighted by Gasteiger charge is -2.39. The SMILES string of the molecule is C=C1C(C(C)=O)=C2NCC(C)(C)N2c2cc(NC3CCN(C(C)=O)CC3)c(F)c(N)c21. The van der Waals surface area contributed by atoms with Crippen LogP contribution in [0.15, 0.2) is 24.0 Å². The van der Waals surface area contributed by atoms with Crippen molar-refractivity contribution in [2.45, 2.75) is 52.1 Å². The Kier molecular flexibility index (Phi) is 4.98. The minimum atomic E-state index is -0.537. The Morgan fingerprint density at radius 3 is 2.52 bits per heavy atom. The van der Waals surface area contributed by atoms with E-state index in [9.17, 15) is 9.59 Å². The number of carbonyl (C=O) groups excluding carboxylic acids is 2. The van der Waals surface area contributed by atoms with E-state index in [1.807, 2.05) is 4.90 Å². The van der Waals surface area contributed by atoms with Crippen molar-refractivity contribution >= 4 is 34.3 Å². The number of rotatable bonds is 3. The standard InChI is InChI=1S/C23H30FN5O2/c1-12-18(13(2)30)22-26-11-23(4,5)29(22)17-10-16(20(24)21(25)19(12)17)27-15-6-8-28(9-7-15)14(3)31/h10,15,26-27H,1,6-9,11,25H2,2-5H3. The number of carbonyl (C=O) groups is 2. The van der Waals surface area contributed by atoms with E-state index in [1.165, 1.54) is 6.92 Å². The fraction of sp³-hybridized carbons (Fsp3) is 0.478. The number of piperidine rings is 1. The molecule has 0 atom stereocenters. The number of allylic oxidation sites excluding steroid dienone is 2. The average Bonchev–Trinajstić information content (AvgIpc) is 3.00. The third kappa shape index (κ3) is 3.34. The van der Waals surface area contributed by atoms with Gasteiger partial charge in [0.1, 0.15) is 5.82 Å². The largest absolute Gasteiger partial charge is 0.396 e. The molecule has 0 aliphatic carbocycles. The summed E-state index contributed by atoms with van der Waals surface area (Å²) in [6.45, 7) is 13.2. The number of hydrogen-bond acceptors (Lipinski definition) is 6. The smallest absolute Gasteiger partial charge is 0.219 e. The molecule has 0 aromatic heterocycles. The van der Waals surface area contributed by atoms with E-state index in [1.54, 1.807) is 17.9 Å². The molecule has 0 unspecified atom stereocenters. The number of ketones is 1. The van der Waals surface area contributed by atoms with Crippen molar-refractivity contribution in [1.29, 1.82) is 0 Å². The summed E-state index contributed by atoms with van der Waals surface area (Å²) in [5, 5.41) is 6.64. The summed E-state index contributed by atoms with van der Waals surface area (Å²) in [5.41, 5.74) is 8.37. The molecule has 166 valence electrons. The van der Waals surface area contributed by atoms with Crippen LogP contribution in [-0.4, -0.2) is 47.8 Å². The molecule has 2 saturated heterocycles. The number of nitrogens with one attached hydrogen (secondary N) is 2. The Hall–Kier alpha value is -3.03. The molecular formula is C23H30FN5O2. The first-order chi connectivity index (χ1) is 14.5. The molecule has 4 N–H and O–H groups in total. The topological polar surface area (TPSA) is 90.7 Å². The van der Waals surface area contributed by atoms with Gasteiger partial charge < -0.3 is 26.2 Å². The predicted octanol–water partition coefficient (Wildman–Crippen LogP) is 2.85. The summed E-state index contributed by atoms with van der Waals surface area (Å²) in [6.07, 6.45) is 1.47. The van der Waals surface area contributed by atoms with E-state index < -0.39 is 5.82 Å². The van der Waals surface area contributed by atoms with Gasteiger partial charge in [-0.1, -0.05) is 6.58 Å². The molecule has 2 fully saturated rings. The number of hydrogen-bond donors (Lipinski definition) is 3. The van der Waals surface area contributed by atoms with E-state index in [0.29, 0.717) is 47.9 Å². The number of fused-ring (bicyclic) bond motifs is 3. The van der Waals surface area contributed by atoms with Gasteiger partial charge >= 0.3 is 0 Å². The van der Waals surface area contributed by atoms with Crippen molar-refractivity contribution in [2.24, 2.45) is 0 Å². The second kappa shape index (κ2) is 7.28. The van der Waals surface area contributed by atoms with Gasteiger partial charge in [-0.3, -0.25) is 9.59 Å². The number of nitrogen functional groups attached to an aromatic ring is 1. The first kappa shape index (κ1) is 21.2. The monoisotopic (exact) mass is 427 g/mol. The molecule has 0 bridgehead atoms. The molecular weight excluding hydrogens is 397 g/mol. The normalized spacial score (nSPS) is 20.4. The lowest BCUT2D eigenvalue weighted by Crippen LogP contribution is -2.42. The van der Waals surface area contributed by atoms with Crippen molar-refractivity contribution < 1.29 is 14.0 Å². The Labute approximate surface area is 182 Å². The highest BCUT2D eigenvalue weighted by atomic mass is 19.1. The fourth-order valence-corrected chi connectivity index (χ4v) is 4.88. The third-order valence-corrected chi connectivity index (χ3v) is 6.53. The zero-order valence-corrected chi connectivity index (χ0v) is 18.6. The Morgan fingerprint density at radius 2 is 1.94 bits per heavy atom. The maximum absolute atomic E-state index is 15.4. The molecule has 3 aliphatic rings. The molecule has 8 heteroatoms. The van der Waals surface area contributed by atoms with Crippen molar-refractivity contribution in [1.82, 2.24) is 10.2 Å². The summed E-state index contributed by atoms with van der Waals surface area (Å²) < 4.78 is 15.4. The summed E-state index contributed by atoms with van der Waals surface area (Å²) in [7, 11) is 0. The summed E-state index contributed by atoms with van der Waals surface area (Å²) in [4.78, 5) is 27.8. The van der Waals surface area contributed by atoms with Gasteiger partial charge in [-0.2, -0.15) is 0 Å². The quantitative estimate of drug-likeness (QED) is 0.643. The van der Waals surface area contributed by atoms with Crippen LogP contribution in [0.25, 0.3) is 5.57 Å². The van der Waals surface area contributed by atoms with Gasteiger partial charge in [0, 0.05) is 38.2 Å². The van der Waals surface area contributed by atoms with Crippen LogP contribution in [-0.2, 0) is 9.59 Å². The molecule has 0 saturated carbocycles. The summed E-state index contributed by atoms with van der Waals surface area (Å²) in [5.74, 6) is 0.0811. The van der Waals surface area contributed by atoms with Gasteiger partial charge in [-0.05, 0) is 45.3 Å². The Morgan fingerprint density at radius 1 is 1.29 bits per heavy atom. The lowest BCUT2D eigenvalue weighted by molar-refractivity contribution is -0.129. The zero-order chi connectivity index (χ0) is 22.7. The molecule has 4 rings (SSSR count). The maximum Gasteiger partial charge on any atom is 0.219 e. The number of Topliss-reactive ketones (excluding diaryl/α,β-unsaturated/α-hetero) is 1. The first-order valence-electron chi connectivity index (χ1n) is 10.7. The Balaban J connectivity index is 1.74. The third-order valence-electron chi connectivity index (χ3n) is 6.53. The second-order valence-electron chi connectivity index (χ2n) is 9.23. The van der Waals surface area contributed by atoms with Crippen LogP contribution < -0.4 is 21.3 Å². The summed E-state index contributed by atoms with van der Waals surface area (Å²) in [6, 6.07) is 1.82. The van der Waals surface area contributed by atoms with Crippen LogP contribution in [0, 0.1) is 5.82 Å². The molecule has 0 radical (unpaired) electrons. The molecule has 3 aliphatic heterocycles. The molecule has 1 aromatic carbocycles. The maximum atomic E-state index is 15.4. The van der Waals surface area contributed by atoms with Crippen molar-refractivity contribution in [3.8, 4) is 0 Å². The van der Waals surface area contributed by atoms with Crippen LogP contribution >= 0.6 is 0 Å². The minimum absolute atomic E-state index is 0.00771. The van der Waals surface area contributed by atoms with Crippen LogP contribution in [0.1, 0.15) is 46.1 Å². The molecule has 31 heavy (non-hydrogen) atoms. The molecule has 1 aromatic rings. The molecule has 0 spiro atoms. The van der Waals surface area contributed by atoms with Crippen molar-refractivity contribution in [3.05, 3.63) is 35.4 Å². The Bertz CT molecular complexity index is 1020. The zero-order valence-electron chi connectivity index (χ0n) is 18.6. The number of halogens is 1. The van der Waals surface area contributed by atoms with Crippen LogP contribution in [0.3, 0.4) is 0 Å². The second-order valence-corrected chi connectivity index (χ2v) is 9.23. The number of benzene rings is 1. The highest BCUT2D eigenvalue weighted by Crippen LogP contribution is 2.49. The van der Waals surface area contributed by atoms with E-state index in [4.69, 9.17) is 5.73 Å². The van der Waals surface area contributed by atoms with Crippen LogP contribution in [0.2, 0.25) is 0 Å². The van der Waals surface area contributed by atoms with Gasteiger partial charge in [0.15, 0.2) is 11.6 Å². The predicted molar refractivity (Wildman–Crippen MR) is 121 cm³/mol. The van der Waals surface area contributed by atoms with E-state index in [-0.39, 0.29) is 29.0 Å². The molecule has 1 amide bonds. The van der Waals surface area contributed by atoms with Crippen LogP contribution in [0.5, 0.6) is 0 Å². The molecule has 7 nitrogen and oxygen atoms in total. The van der Waals surface area contributed by atoms with Crippen molar-refractivity contribution in [2.75, 3.05) is 35.6 Å². The summed E-state index contributed by atoms with van der Waals surface area (Å²) >= 11 is 0. The minimum Gasteiger partial charge on any atom is -0.396 e. The highest BCUT2D eigenvalue weighted by Gasteiger charge is 2.44. The number of nitrogens with zero attached hydrogens (tertiary/aromatic N) is 2. The number of nitrogens with two attached hydrogens (primary N) is 1. The lowest BCUT2D eigenvalue weighted by atomic mass is 9.88. The van der Waals surface area contributed by atoms with Gasteiger partial charge in [0.05, 0.1) is 28.2 Å². The van der Waals surface area contributed by atoms with E-state index >= 15 is 4.39 Å². The van der Waals surface area contributed by atoms with Crippen molar-refractivity contribution in [3.63, 3.8) is 0 Å².